The Balaban J connectivity index is 1.19. The number of hydrogen-bond acceptors (Lipinski definition) is 13. The minimum atomic E-state index is -1.69. The number of hydrogen-bond donors (Lipinski definition) is 9. The van der Waals surface area contributed by atoms with Crippen molar-refractivity contribution in [1.29, 1.82) is 0 Å². The van der Waals surface area contributed by atoms with Gasteiger partial charge < -0.3 is 64.9 Å². The first-order valence-electron chi connectivity index (χ1n) is 21.4. The molecule has 2 heterocycles. The van der Waals surface area contributed by atoms with E-state index in [9.17, 15) is 46.0 Å². The van der Waals surface area contributed by atoms with Crippen LogP contribution in [0.2, 0.25) is 0 Å². The first-order valence-corrected chi connectivity index (χ1v) is 21.4. The normalized spacial score (nSPS) is 50.3. The maximum atomic E-state index is 12.3. The SMILES string of the molecule is CC[C@@H]1O[C@H](O[C@H]2[C@H](O[C@H](CC[C@@H](C)C3CC[C@@]4(C)C5CC=C6C(CC[C@H](O)C6(C)C)[C@]5(C)[C@H](O)C[C@]34C)C(C)(C)O)O[C@H](CO)[C@@H](O)[C@@H]2O)[C@@H](O)[C@H](O)[C@H]1O. The number of allylic oxidation sites excluding steroid dienone is 1. The summed E-state index contributed by atoms with van der Waals surface area (Å²) in [5, 5.41) is 98.4. The van der Waals surface area contributed by atoms with Crippen LogP contribution in [0.3, 0.4) is 0 Å². The molecule has 0 aromatic carbocycles. The molecule has 4 aliphatic carbocycles. The predicted octanol–water partition coefficient (Wildman–Crippen LogP) is 2.54. The third kappa shape index (κ3) is 7.18. The lowest BCUT2D eigenvalue weighted by atomic mass is 9.38. The molecule has 13 heteroatoms. The number of ether oxygens (including phenoxy) is 4. The molecular weight excluding hydrogens is 724 g/mol. The molecule has 324 valence electrons. The Morgan fingerprint density at radius 1 is 0.804 bits per heavy atom. The monoisotopic (exact) mass is 799 g/mol. The summed E-state index contributed by atoms with van der Waals surface area (Å²) in [4.78, 5) is 0. The lowest BCUT2D eigenvalue weighted by Gasteiger charge is -2.67. The van der Waals surface area contributed by atoms with E-state index in [0.29, 0.717) is 37.5 Å². The summed E-state index contributed by atoms with van der Waals surface area (Å²) in [5.41, 5.74) is -0.853. The van der Waals surface area contributed by atoms with Crippen molar-refractivity contribution in [2.24, 2.45) is 45.3 Å². The molecule has 0 amide bonds. The van der Waals surface area contributed by atoms with Crippen LogP contribution in [-0.4, -0.2) is 138 Å². The first-order chi connectivity index (χ1) is 26.0. The summed E-state index contributed by atoms with van der Waals surface area (Å²) in [6.07, 6.45) is -7.13. The van der Waals surface area contributed by atoms with E-state index in [-0.39, 0.29) is 39.6 Å². The van der Waals surface area contributed by atoms with Gasteiger partial charge in [-0.3, -0.25) is 0 Å². The Labute approximate surface area is 333 Å². The third-order valence-corrected chi connectivity index (χ3v) is 16.8. The highest BCUT2D eigenvalue weighted by atomic mass is 16.8. The van der Waals surface area contributed by atoms with Crippen LogP contribution in [0.4, 0.5) is 0 Å². The van der Waals surface area contributed by atoms with Crippen LogP contribution in [-0.2, 0) is 18.9 Å². The Morgan fingerprint density at radius 2 is 1.45 bits per heavy atom. The van der Waals surface area contributed by atoms with Crippen molar-refractivity contribution in [3.05, 3.63) is 11.6 Å². The van der Waals surface area contributed by atoms with Gasteiger partial charge in [0.2, 0.25) is 0 Å². The number of fused-ring (bicyclic) bond motifs is 5. The summed E-state index contributed by atoms with van der Waals surface area (Å²) in [6.45, 7) is 18.0. The standard InChI is InChI=1S/C43H74O13/c1-10-25-31(47)33(49)35(51)37(53-25)56-36-34(50)32(48)26(20-44)54-38(36)55-30(40(5,6)52)16-11-21(2)22-17-18-41(7)27-14-12-23-24(13-15-28(45)39(23,3)4)43(27,9)29(46)19-42(22,41)8/h12,21-22,24-38,44-52H,10-11,13-20H2,1-9H3/t21-,22?,24?,25+,26-,27?,28+,29-,30-,31+,32-,33-,34+,35+,36-,37-,38+,41+,42-,43+/m1/s1. The molecule has 2 aliphatic heterocycles. The van der Waals surface area contributed by atoms with E-state index in [1.165, 1.54) is 5.57 Å². The van der Waals surface area contributed by atoms with Crippen molar-refractivity contribution in [2.75, 3.05) is 6.61 Å². The van der Waals surface area contributed by atoms with Gasteiger partial charge in [-0.15, -0.1) is 0 Å². The van der Waals surface area contributed by atoms with Gasteiger partial charge in [0.15, 0.2) is 12.6 Å². The average Bonchev–Trinajstić information content (AvgIpc) is 3.40. The van der Waals surface area contributed by atoms with Gasteiger partial charge in [-0.05, 0) is 106 Å². The van der Waals surface area contributed by atoms with Crippen LogP contribution >= 0.6 is 0 Å². The number of aliphatic hydroxyl groups is 9. The van der Waals surface area contributed by atoms with Crippen molar-refractivity contribution < 1.29 is 64.9 Å². The largest absolute Gasteiger partial charge is 0.394 e. The van der Waals surface area contributed by atoms with Crippen LogP contribution in [0.25, 0.3) is 0 Å². The zero-order valence-corrected chi connectivity index (χ0v) is 35.1. The lowest BCUT2D eigenvalue weighted by Crippen LogP contribution is -2.65. The van der Waals surface area contributed by atoms with Crippen molar-refractivity contribution in [3.8, 4) is 0 Å². The van der Waals surface area contributed by atoms with Crippen LogP contribution in [0, 0.1) is 45.3 Å². The fraction of sp³-hybridized carbons (Fsp3) is 0.953. The second kappa shape index (κ2) is 15.9. The minimum absolute atomic E-state index is 0.0166. The van der Waals surface area contributed by atoms with Gasteiger partial charge in [-0.1, -0.05) is 60.1 Å². The van der Waals surface area contributed by atoms with Crippen molar-refractivity contribution in [2.45, 2.75) is 205 Å². The molecule has 2 saturated heterocycles. The van der Waals surface area contributed by atoms with Crippen molar-refractivity contribution >= 4 is 0 Å². The molecule has 6 rings (SSSR count). The Morgan fingerprint density at radius 3 is 2.07 bits per heavy atom. The Bertz CT molecular complexity index is 1400. The summed E-state index contributed by atoms with van der Waals surface area (Å²) < 4.78 is 24.1. The molecule has 9 N–H and O–H groups in total. The molecule has 56 heavy (non-hydrogen) atoms. The van der Waals surface area contributed by atoms with Crippen molar-refractivity contribution in [3.63, 3.8) is 0 Å². The molecule has 3 unspecified atom stereocenters. The molecule has 20 atom stereocenters. The van der Waals surface area contributed by atoms with Gasteiger partial charge in [-0.2, -0.15) is 0 Å². The molecule has 3 saturated carbocycles. The highest BCUT2D eigenvalue weighted by Gasteiger charge is 2.70. The highest BCUT2D eigenvalue weighted by molar-refractivity contribution is 5.31. The number of rotatable bonds is 11. The van der Waals surface area contributed by atoms with Crippen LogP contribution in [0.1, 0.15) is 120 Å². The van der Waals surface area contributed by atoms with Gasteiger partial charge in [0, 0.05) is 10.8 Å². The maximum absolute atomic E-state index is 12.3. The fourth-order valence-corrected chi connectivity index (χ4v) is 12.9. The Kier molecular flexibility index (Phi) is 12.7. The highest BCUT2D eigenvalue weighted by Crippen LogP contribution is 2.75. The fourth-order valence-electron chi connectivity index (χ4n) is 12.9. The van der Waals surface area contributed by atoms with E-state index in [1.54, 1.807) is 20.8 Å². The maximum Gasteiger partial charge on any atom is 0.187 e. The van der Waals surface area contributed by atoms with Gasteiger partial charge in [-0.25, -0.2) is 0 Å². The second-order valence-corrected chi connectivity index (χ2v) is 20.4. The molecule has 0 aromatic rings. The van der Waals surface area contributed by atoms with Gasteiger partial charge >= 0.3 is 0 Å². The van der Waals surface area contributed by atoms with E-state index in [4.69, 9.17) is 18.9 Å². The second-order valence-electron chi connectivity index (χ2n) is 20.4. The molecule has 0 radical (unpaired) electrons. The van der Waals surface area contributed by atoms with Crippen LogP contribution in [0.5, 0.6) is 0 Å². The van der Waals surface area contributed by atoms with Crippen LogP contribution < -0.4 is 0 Å². The molecule has 5 fully saturated rings. The third-order valence-electron chi connectivity index (χ3n) is 16.8. The zero-order chi connectivity index (χ0) is 41.5. The van der Waals surface area contributed by atoms with E-state index in [2.05, 4.69) is 47.6 Å². The Hall–Kier alpha value is -0.780. The summed E-state index contributed by atoms with van der Waals surface area (Å²) in [7, 11) is 0. The molecule has 0 aromatic heterocycles. The topological polar surface area (TPSA) is 219 Å². The van der Waals surface area contributed by atoms with Crippen molar-refractivity contribution in [1.82, 2.24) is 0 Å². The molecule has 0 bridgehead atoms. The number of aliphatic hydroxyl groups excluding tert-OH is 8. The summed E-state index contributed by atoms with van der Waals surface area (Å²) in [5.74, 6) is 1.00. The average molecular weight is 799 g/mol. The molecule has 6 aliphatic rings. The van der Waals surface area contributed by atoms with E-state index >= 15 is 0 Å². The molecule has 0 spiro atoms. The van der Waals surface area contributed by atoms with Gasteiger partial charge in [0.1, 0.15) is 42.7 Å². The summed E-state index contributed by atoms with van der Waals surface area (Å²) >= 11 is 0. The minimum Gasteiger partial charge on any atom is -0.394 e. The molecular formula is C43H74O13. The van der Waals surface area contributed by atoms with Crippen LogP contribution in [0.15, 0.2) is 11.6 Å². The zero-order valence-electron chi connectivity index (χ0n) is 35.1. The lowest BCUT2D eigenvalue weighted by molar-refractivity contribution is -0.374. The summed E-state index contributed by atoms with van der Waals surface area (Å²) in [6, 6.07) is 0. The quantitative estimate of drug-likeness (QED) is 0.138. The smallest absolute Gasteiger partial charge is 0.187 e. The van der Waals surface area contributed by atoms with Gasteiger partial charge in [0.05, 0.1) is 36.6 Å². The van der Waals surface area contributed by atoms with E-state index < -0.39 is 85.8 Å². The molecule has 13 nitrogen and oxygen atoms in total. The first kappa shape index (κ1) is 44.8. The predicted molar refractivity (Wildman–Crippen MR) is 206 cm³/mol. The van der Waals surface area contributed by atoms with E-state index in [0.717, 1.165) is 32.1 Å². The van der Waals surface area contributed by atoms with Gasteiger partial charge in [0.25, 0.3) is 0 Å². The van der Waals surface area contributed by atoms with E-state index in [1.807, 2.05) is 0 Å².